The monoisotopic (exact) mass is 389 g/mol. The van der Waals surface area contributed by atoms with Crippen LogP contribution in [0.1, 0.15) is 15.9 Å². The van der Waals surface area contributed by atoms with E-state index in [0.29, 0.717) is 10.6 Å². The van der Waals surface area contributed by atoms with Crippen molar-refractivity contribution < 1.29 is 22.8 Å². The highest BCUT2D eigenvalue weighted by atomic mass is 35.5. The van der Waals surface area contributed by atoms with Crippen molar-refractivity contribution in [3.05, 3.63) is 58.7 Å². The van der Waals surface area contributed by atoms with Gasteiger partial charge < -0.3 is 0 Å². The van der Waals surface area contributed by atoms with E-state index in [4.69, 9.17) is 11.6 Å². The van der Waals surface area contributed by atoms with Crippen LogP contribution in [0.5, 0.6) is 0 Å². The zero-order valence-corrected chi connectivity index (χ0v) is 14.0. The van der Waals surface area contributed by atoms with E-state index in [1.807, 2.05) is 0 Å². The lowest BCUT2D eigenvalue weighted by atomic mass is 10.1. The van der Waals surface area contributed by atoms with Crippen LogP contribution in [0.25, 0.3) is 0 Å². The third-order valence-electron chi connectivity index (χ3n) is 2.82. The van der Waals surface area contributed by atoms with Gasteiger partial charge in [-0.15, -0.1) is 0 Å². The predicted octanol–water partition coefficient (Wildman–Crippen LogP) is 3.35. The number of hydrazine groups is 1. The molecule has 2 aromatic rings. The van der Waals surface area contributed by atoms with E-state index in [1.54, 1.807) is 24.3 Å². The van der Waals surface area contributed by atoms with E-state index in [1.165, 1.54) is 12.1 Å². The van der Waals surface area contributed by atoms with Crippen molar-refractivity contribution in [1.29, 1.82) is 0 Å². The van der Waals surface area contributed by atoms with Crippen LogP contribution in [-0.2, 0) is 11.2 Å². The molecule has 0 fully saturated rings. The Morgan fingerprint density at radius 1 is 1.12 bits per heavy atom. The summed E-state index contributed by atoms with van der Waals surface area (Å²) in [7, 11) is 0. The molecular formula is C15H11ClF3N3O2S. The number of aromatic nitrogens is 1. The molecule has 2 rings (SSSR count). The maximum absolute atomic E-state index is 12.5. The zero-order chi connectivity index (χ0) is 18.4. The number of carbonyl (C=O) groups excluding carboxylic acids is 2. The van der Waals surface area contributed by atoms with E-state index >= 15 is 0 Å². The Hall–Kier alpha value is -2.26. The molecule has 0 aliphatic rings. The topological polar surface area (TPSA) is 71.1 Å². The van der Waals surface area contributed by atoms with Gasteiger partial charge in [0.25, 0.3) is 5.91 Å². The minimum Gasteiger partial charge on any atom is -0.273 e. The van der Waals surface area contributed by atoms with Gasteiger partial charge in [0.15, 0.2) is 0 Å². The largest absolute Gasteiger partial charge is 0.447 e. The minimum absolute atomic E-state index is 0.0331. The van der Waals surface area contributed by atoms with Crippen LogP contribution in [0.3, 0.4) is 0 Å². The maximum Gasteiger partial charge on any atom is 0.447 e. The number of amides is 2. The Kier molecular flexibility index (Phi) is 6.27. The quantitative estimate of drug-likeness (QED) is 0.621. The summed E-state index contributed by atoms with van der Waals surface area (Å²) in [4.78, 5) is 27.3. The average molecular weight is 390 g/mol. The van der Waals surface area contributed by atoms with Crippen LogP contribution in [0.2, 0.25) is 5.02 Å². The number of halogens is 4. The first-order chi connectivity index (χ1) is 11.7. The van der Waals surface area contributed by atoms with Crippen molar-refractivity contribution in [2.45, 2.75) is 17.0 Å². The van der Waals surface area contributed by atoms with Crippen molar-refractivity contribution in [3.63, 3.8) is 0 Å². The molecule has 10 heteroatoms. The number of alkyl halides is 3. The molecule has 0 aliphatic heterocycles. The summed E-state index contributed by atoms with van der Waals surface area (Å²) >= 11 is 5.23. The van der Waals surface area contributed by atoms with Crippen LogP contribution >= 0.6 is 23.4 Å². The van der Waals surface area contributed by atoms with Gasteiger partial charge in [0.1, 0.15) is 5.03 Å². The highest BCUT2D eigenvalue weighted by molar-refractivity contribution is 8.00. The second-order valence-corrected chi connectivity index (χ2v) is 6.20. The van der Waals surface area contributed by atoms with Crippen molar-refractivity contribution >= 4 is 35.2 Å². The van der Waals surface area contributed by atoms with Crippen molar-refractivity contribution in [3.8, 4) is 0 Å². The lowest BCUT2D eigenvalue weighted by Gasteiger charge is -2.11. The summed E-state index contributed by atoms with van der Waals surface area (Å²) in [6, 6.07) is 9.01. The average Bonchev–Trinajstić information content (AvgIpc) is 2.54. The summed E-state index contributed by atoms with van der Waals surface area (Å²) in [6.07, 6.45) is 1.11. The number of carbonyl (C=O) groups is 2. The number of hydrogen-bond donors (Lipinski definition) is 2. The Labute approximate surface area is 149 Å². The molecule has 1 aromatic carbocycles. The third kappa shape index (κ3) is 6.28. The molecule has 0 saturated heterocycles. The molecule has 0 atom stereocenters. The summed E-state index contributed by atoms with van der Waals surface area (Å²) in [5.41, 5.74) is -0.00313. The van der Waals surface area contributed by atoms with Gasteiger partial charge in [-0.25, -0.2) is 4.98 Å². The standard InChI is InChI=1S/C15H11ClF3N3O2S/c16-10-5-3-9(4-6-10)8-12(23)21-22-13(24)11-2-1-7-20-14(11)25-15(17,18)19/h1-7H,8H2,(H,21,23)(H,22,24). The molecule has 2 N–H and O–H groups in total. The number of nitrogens with zero attached hydrogens (tertiary/aromatic N) is 1. The number of rotatable bonds is 4. The molecule has 2 amide bonds. The lowest BCUT2D eigenvalue weighted by molar-refractivity contribution is -0.121. The van der Waals surface area contributed by atoms with Gasteiger partial charge >= 0.3 is 5.51 Å². The van der Waals surface area contributed by atoms with Crippen LogP contribution in [0, 0.1) is 0 Å². The zero-order valence-electron chi connectivity index (χ0n) is 12.4. The van der Waals surface area contributed by atoms with Gasteiger partial charge in [-0.05, 0) is 29.8 Å². The van der Waals surface area contributed by atoms with Crippen molar-refractivity contribution in [2.24, 2.45) is 0 Å². The molecule has 0 radical (unpaired) electrons. The molecule has 0 spiro atoms. The lowest BCUT2D eigenvalue weighted by Crippen LogP contribution is -2.42. The fourth-order valence-electron chi connectivity index (χ4n) is 1.78. The van der Waals surface area contributed by atoms with E-state index in [2.05, 4.69) is 15.8 Å². The molecular weight excluding hydrogens is 379 g/mol. The molecule has 5 nitrogen and oxygen atoms in total. The first kappa shape index (κ1) is 19.1. The van der Waals surface area contributed by atoms with Gasteiger partial charge in [0.05, 0.1) is 12.0 Å². The Bertz CT molecular complexity index is 769. The maximum atomic E-state index is 12.5. The van der Waals surface area contributed by atoms with Crippen molar-refractivity contribution in [1.82, 2.24) is 15.8 Å². The van der Waals surface area contributed by atoms with Crippen LogP contribution in [-0.4, -0.2) is 22.3 Å². The number of benzene rings is 1. The van der Waals surface area contributed by atoms with Gasteiger partial charge in [-0.2, -0.15) is 13.2 Å². The highest BCUT2D eigenvalue weighted by Gasteiger charge is 2.32. The van der Waals surface area contributed by atoms with Crippen LogP contribution in [0.15, 0.2) is 47.6 Å². The summed E-state index contributed by atoms with van der Waals surface area (Å²) in [5.74, 6) is -1.44. The summed E-state index contributed by atoms with van der Waals surface area (Å²) in [6.45, 7) is 0. The summed E-state index contributed by atoms with van der Waals surface area (Å²) in [5, 5.41) is 0.0168. The molecule has 1 aromatic heterocycles. The van der Waals surface area contributed by atoms with Gasteiger partial charge in [-0.1, -0.05) is 23.7 Å². The molecule has 0 saturated carbocycles. The normalized spacial score (nSPS) is 11.0. The Morgan fingerprint density at radius 2 is 1.80 bits per heavy atom. The molecule has 25 heavy (non-hydrogen) atoms. The minimum atomic E-state index is -4.58. The third-order valence-corrected chi connectivity index (χ3v) is 3.82. The molecule has 132 valence electrons. The van der Waals surface area contributed by atoms with Gasteiger partial charge in [0.2, 0.25) is 5.91 Å². The second kappa shape index (κ2) is 8.21. The first-order valence-electron chi connectivity index (χ1n) is 6.79. The SMILES string of the molecule is O=C(Cc1ccc(Cl)cc1)NNC(=O)c1cccnc1SC(F)(F)F. The molecule has 0 aliphatic carbocycles. The van der Waals surface area contributed by atoms with E-state index < -0.39 is 34.1 Å². The highest BCUT2D eigenvalue weighted by Crippen LogP contribution is 2.37. The number of pyridine rings is 1. The predicted molar refractivity (Wildman–Crippen MR) is 86.9 cm³/mol. The fraction of sp³-hybridized carbons (Fsp3) is 0.133. The smallest absolute Gasteiger partial charge is 0.273 e. The fourth-order valence-corrected chi connectivity index (χ4v) is 2.51. The number of nitrogens with one attached hydrogen (secondary N) is 2. The Balaban J connectivity index is 1.96. The molecule has 0 bridgehead atoms. The second-order valence-electron chi connectivity index (χ2n) is 4.71. The van der Waals surface area contributed by atoms with Gasteiger partial charge in [0, 0.05) is 23.0 Å². The first-order valence-corrected chi connectivity index (χ1v) is 7.98. The molecule has 1 heterocycles. The van der Waals surface area contributed by atoms with Crippen LogP contribution in [0.4, 0.5) is 13.2 Å². The number of thioether (sulfide) groups is 1. The number of hydrogen-bond acceptors (Lipinski definition) is 4. The molecule has 0 unspecified atom stereocenters. The van der Waals surface area contributed by atoms with E-state index in [0.717, 1.165) is 6.20 Å². The van der Waals surface area contributed by atoms with Gasteiger partial charge in [-0.3, -0.25) is 20.4 Å². The van der Waals surface area contributed by atoms with E-state index in [9.17, 15) is 22.8 Å². The van der Waals surface area contributed by atoms with Crippen LogP contribution < -0.4 is 10.9 Å². The Morgan fingerprint density at radius 3 is 2.44 bits per heavy atom. The summed E-state index contributed by atoms with van der Waals surface area (Å²) < 4.78 is 37.4. The van der Waals surface area contributed by atoms with Crippen molar-refractivity contribution in [2.75, 3.05) is 0 Å². The van der Waals surface area contributed by atoms with E-state index in [-0.39, 0.29) is 12.0 Å².